The van der Waals surface area contributed by atoms with Crippen LogP contribution in [-0.2, 0) is 5.41 Å². The van der Waals surface area contributed by atoms with Crippen LogP contribution in [0.2, 0.25) is 0 Å². The molecule has 0 N–H and O–H groups in total. The summed E-state index contributed by atoms with van der Waals surface area (Å²) in [5, 5.41) is 2.43. The Morgan fingerprint density at radius 3 is 1.67 bits per heavy atom. The molecule has 0 saturated heterocycles. The number of aryl methyl sites for hydroxylation is 1. The van der Waals surface area contributed by atoms with Gasteiger partial charge in [0, 0.05) is 28.1 Å². The third kappa shape index (κ3) is 4.39. The second kappa shape index (κ2) is 10.8. The summed E-state index contributed by atoms with van der Waals surface area (Å²) in [7, 11) is 0. The lowest BCUT2D eigenvalue weighted by Gasteiger charge is -2.42. The van der Waals surface area contributed by atoms with Crippen LogP contribution in [0.1, 0.15) is 30.5 Å². The molecular formula is C45H35N3. The Hall–Kier alpha value is -5.93. The monoisotopic (exact) mass is 617 g/mol. The van der Waals surface area contributed by atoms with E-state index in [2.05, 4.69) is 176 Å². The van der Waals surface area contributed by atoms with Crippen LogP contribution in [0.5, 0.6) is 0 Å². The summed E-state index contributed by atoms with van der Waals surface area (Å²) in [5.41, 5.74) is 14.6. The fourth-order valence-corrected chi connectivity index (χ4v) is 7.71. The zero-order valence-electron chi connectivity index (χ0n) is 27.4. The maximum Gasteiger partial charge on any atom is 0.137 e. The van der Waals surface area contributed by atoms with Crippen LogP contribution in [-0.4, -0.2) is 9.55 Å². The molecule has 3 heterocycles. The summed E-state index contributed by atoms with van der Waals surface area (Å²) in [5.74, 6) is 0.918. The van der Waals surface area contributed by atoms with Crippen LogP contribution in [0.3, 0.4) is 0 Å². The zero-order valence-corrected chi connectivity index (χ0v) is 27.4. The number of anilines is 3. The first-order chi connectivity index (χ1) is 23.5. The van der Waals surface area contributed by atoms with Gasteiger partial charge in [0.05, 0.1) is 22.4 Å². The van der Waals surface area contributed by atoms with E-state index in [-0.39, 0.29) is 5.41 Å². The minimum atomic E-state index is -0.0918. The molecule has 0 saturated carbocycles. The van der Waals surface area contributed by atoms with Gasteiger partial charge in [-0.3, -0.25) is 4.57 Å². The lowest BCUT2D eigenvalue weighted by molar-refractivity contribution is 0.632. The standard InChI is InChI=1S/C45H35N3/c1-30-12-10-13-31(26-30)33-21-23-40-36(28-33)37-29-34(22-24-41(37)48(40)44-20-8-9-25-46-44)32-14-11-15-35(27-32)47-42-18-6-4-16-38(42)45(2,3)39-17-5-7-19-43(39)47/h4-29H,1-3H3. The van der Waals surface area contributed by atoms with Gasteiger partial charge in [-0.15, -0.1) is 0 Å². The number of pyridine rings is 1. The van der Waals surface area contributed by atoms with Crippen molar-refractivity contribution in [2.45, 2.75) is 26.2 Å². The Morgan fingerprint density at radius 1 is 0.500 bits per heavy atom. The highest BCUT2D eigenvalue weighted by Gasteiger charge is 2.36. The number of hydrogen-bond acceptors (Lipinski definition) is 2. The molecule has 0 spiro atoms. The van der Waals surface area contributed by atoms with Crippen LogP contribution in [0.25, 0.3) is 49.9 Å². The minimum Gasteiger partial charge on any atom is -0.310 e. The van der Waals surface area contributed by atoms with Crippen molar-refractivity contribution in [3.8, 4) is 28.1 Å². The van der Waals surface area contributed by atoms with E-state index in [4.69, 9.17) is 4.98 Å². The Bertz CT molecular complexity index is 2450. The van der Waals surface area contributed by atoms with Crippen LogP contribution in [0.15, 0.2) is 158 Å². The molecule has 48 heavy (non-hydrogen) atoms. The van der Waals surface area contributed by atoms with Crippen LogP contribution < -0.4 is 4.90 Å². The molecule has 0 aliphatic carbocycles. The first-order valence-electron chi connectivity index (χ1n) is 16.6. The van der Waals surface area contributed by atoms with Crippen molar-refractivity contribution in [3.63, 3.8) is 0 Å². The Balaban J connectivity index is 1.23. The average Bonchev–Trinajstić information content (AvgIpc) is 3.45. The van der Waals surface area contributed by atoms with E-state index < -0.39 is 0 Å². The lowest BCUT2D eigenvalue weighted by Crippen LogP contribution is -2.30. The molecule has 0 radical (unpaired) electrons. The highest BCUT2D eigenvalue weighted by molar-refractivity contribution is 6.11. The van der Waals surface area contributed by atoms with Gasteiger partial charge in [-0.05, 0) is 101 Å². The number of aromatic nitrogens is 2. The normalized spacial score (nSPS) is 13.4. The third-order valence-corrected chi connectivity index (χ3v) is 10.1. The van der Waals surface area contributed by atoms with Crippen LogP contribution in [0.4, 0.5) is 17.1 Å². The van der Waals surface area contributed by atoms with E-state index in [0.29, 0.717) is 0 Å². The number of hydrogen-bond donors (Lipinski definition) is 0. The second-order valence-corrected chi connectivity index (χ2v) is 13.4. The molecule has 0 bridgehead atoms. The van der Waals surface area contributed by atoms with Crippen LogP contribution >= 0.6 is 0 Å². The van der Waals surface area contributed by atoms with Gasteiger partial charge in [0.2, 0.25) is 0 Å². The van der Waals surface area contributed by atoms with Crippen molar-refractivity contribution >= 4 is 38.9 Å². The van der Waals surface area contributed by atoms with Crippen molar-refractivity contribution < 1.29 is 0 Å². The van der Waals surface area contributed by atoms with E-state index in [1.54, 1.807) is 0 Å². The number of rotatable bonds is 4. The predicted molar refractivity (Wildman–Crippen MR) is 201 cm³/mol. The number of nitrogens with zero attached hydrogens (tertiary/aromatic N) is 3. The zero-order chi connectivity index (χ0) is 32.4. The van der Waals surface area contributed by atoms with Crippen molar-refractivity contribution in [1.29, 1.82) is 0 Å². The van der Waals surface area contributed by atoms with Gasteiger partial charge >= 0.3 is 0 Å². The maximum atomic E-state index is 4.76. The molecule has 1 aliphatic heterocycles. The van der Waals surface area contributed by atoms with E-state index in [1.807, 2.05) is 12.3 Å². The summed E-state index contributed by atoms with van der Waals surface area (Å²) >= 11 is 0. The summed E-state index contributed by atoms with van der Waals surface area (Å²) in [6.45, 7) is 6.82. The first kappa shape index (κ1) is 28.3. The van der Waals surface area contributed by atoms with Crippen molar-refractivity contribution in [3.05, 3.63) is 175 Å². The minimum absolute atomic E-state index is 0.0918. The molecule has 2 aromatic heterocycles. The van der Waals surface area contributed by atoms with E-state index in [9.17, 15) is 0 Å². The third-order valence-electron chi connectivity index (χ3n) is 10.1. The molecule has 0 fully saturated rings. The van der Waals surface area contributed by atoms with Gasteiger partial charge in [-0.1, -0.05) is 110 Å². The first-order valence-corrected chi connectivity index (χ1v) is 16.6. The lowest BCUT2D eigenvalue weighted by atomic mass is 9.73. The second-order valence-electron chi connectivity index (χ2n) is 13.4. The summed E-state index contributed by atoms with van der Waals surface area (Å²) in [6, 6.07) is 55.2. The number of para-hydroxylation sites is 2. The molecule has 3 nitrogen and oxygen atoms in total. The average molecular weight is 618 g/mol. The highest BCUT2D eigenvalue weighted by atomic mass is 15.2. The summed E-state index contributed by atoms with van der Waals surface area (Å²) < 4.78 is 2.29. The molecule has 9 rings (SSSR count). The van der Waals surface area contributed by atoms with Gasteiger partial charge in [0.15, 0.2) is 0 Å². The van der Waals surface area contributed by atoms with Gasteiger partial charge in [-0.25, -0.2) is 4.98 Å². The largest absolute Gasteiger partial charge is 0.310 e. The molecule has 8 aromatic rings. The van der Waals surface area contributed by atoms with E-state index in [1.165, 1.54) is 61.1 Å². The fourth-order valence-electron chi connectivity index (χ4n) is 7.71. The maximum absolute atomic E-state index is 4.76. The highest BCUT2D eigenvalue weighted by Crippen LogP contribution is 2.52. The van der Waals surface area contributed by atoms with E-state index in [0.717, 1.165) is 22.5 Å². The van der Waals surface area contributed by atoms with Crippen molar-refractivity contribution in [2.75, 3.05) is 4.90 Å². The van der Waals surface area contributed by atoms with Crippen LogP contribution in [0, 0.1) is 6.92 Å². The molecule has 0 atom stereocenters. The number of fused-ring (bicyclic) bond motifs is 5. The van der Waals surface area contributed by atoms with Crippen molar-refractivity contribution in [2.24, 2.45) is 0 Å². The van der Waals surface area contributed by atoms with Gasteiger partial charge in [-0.2, -0.15) is 0 Å². The molecule has 6 aromatic carbocycles. The Kier molecular flexibility index (Phi) is 6.38. The quantitative estimate of drug-likeness (QED) is 0.196. The SMILES string of the molecule is Cc1cccc(-c2ccc3c(c2)c2cc(-c4cccc(N5c6ccccc6C(C)(C)c6ccccc65)c4)ccc2n3-c2ccccn2)c1. The van der Waals surface area contributed by atoms with Gasteiger partial charge in [0.25, 0.3) is 0 Å². The molecule has 3 heteroatoms. The molecular weight excluding hydrogens is 583 g/mol. The Morgan fingerprint density at radius 2 is 1.06 bits per heavy atom. The molecule has 1 aliphatic rings. The molecule has 0 amide bonds. The van der Waals surface area contributed by atoms with Gasteiger partial charge in [0.1, 0.15) is 5.82 Å². The fraction of sp³-hybridized carbons (Fsp3) is 0.0889. The number of benzene rings is 6. The van der Waals surface area contributed by atoms with Crippen molar-refractivity contribution in [1.82, 2.24) is 9.55 Å². The molecule has 0 unspecified atom stereocenters. The topological polar surface area (TPSA) is 21.1 Å². The smallest absolute Gasteiger partial charge is 0.137 e. The van der Waals surface area contributed by atoms with E-state index >= 15 is 0 Å². The summed E-state index contributed by atoms with van der Waals surface area (Å²) in [6.07, 6.45) is 1.87. The predicted octanol–water partition coefficient (Wildman–Crippen LogP) is 11.9. The molecule has 230 valence electrons. The Labute approximate surface area is 281 Å². The summed E-state index contributed by atoms with van der Waals surface area (Å²) in [4.78, 5) is 7.19. The van der Waals surface area contributed by atoms with Gasteiger partial charge < -0.3 is 4.90 Å².